The average molecular weight is 275 g/mol. The Hall–Kier alpha value is -1.02. The number of benzene rings is 1. The highest BCUT2D eigenvalue weighted by atomic mass is 16.5. The molecule has 0 saturated heterocycles. The van der Waals surface area contributed by atoms with Gasteiger partial charge in [-0.2, -0.15) is 0 Å². The van der Waals surface area contributed by atoms with Crippen molar-refractivity contribution in [2.75, 3.05) is 13.2 Å². The molecular weight excluding hydrogens is 246 g/mol. The molecular formula is C18H29NO. The number of rotatable bonds is 9. The van der Waals surface area contributed by atoms with Crippen molar-refractivity contribution in [3.8, 4) is 5.75 Å². The van der Waals surface area contributed by atoms with E-state index < -0.39 is 0 Å². The molecule has 0 spiro atoms. The Morgan fingerprint density at radius 1 is 1.20 bits per heavy atom. The van der Waals surface area contributed by atoms with Crippen LogP contribution >= 0.6 is 0 Å². The zero-order chi connectivity index (χ0) is 14.4. The van der Waals surface area contributed by atoms with Gasteiger partial charge in [0.25, 0.3) is 0 Å². The number of hydrogen-bond acceptors (Lipinski definition) is 2. The minimum atomic E-state index is 0.625. The van der Waals surface area contributed by atoms with Gasteiger partial charge in [0.15, 0.2) is 0 Å². The number of hydrogen-bond donors (Lipinski definition) is 1. The SMILES string of the molecule is CCC1(CNCc2ccc(OCCC(C)C)cc2)CC1. The Bertz CT molecular complexity index is 392. The number of ether oxygens (including phenoxy) is 1. The summed E-state index contributed by atoms with van der Waals surface area (Å²) < 4.78 is 5.74. The maximum absolute atomic E-state index is 5.74. The molecule has 0 aromatic heterocycles. The molecule has 1 N–H and O–H groups in total. The molecule has 1 aromatic carbocycles. The molecule has 0 aliphatic heterocycles. The predicted molar refractivity (Wildman–Crippen MR) is 85.1 cm³/mol. The van der Waals surface area contributed by atoms with Gasteiger partial charge in [0.1, 0.15) is 5.75 Å². The van der Waals surface area contributed by atoms with Crippen LogP contribution < -0.4 is 10.1 Å². The van der Waals surface area contributed by atoms with E-state index in [1.165, 1.54) is 24.8 Å². The second-order valence-electron chi connectivity index (χ2n) is 6.63. The third-order valence-corrected chi connectivity index (χ3v) is 4.42. The van der Waals surface area contributed by atoms with Gasteiger partial charge in [-0.15, -0.1) is 0 Å². The van der Waals surface area contributed by atoms with E-state index in [1.807, 2.05) is 0 Å². The van der Waals surface area contributed by atoms with Gasteiger partial charge in [0.2, 0.25) is 0 Å². The van der Waals surface area contributed by atoms with E-state index in [0.29, 0.717) is 11.3 Å². The fourth-order valence-electron chi connectivity index (χ4n) is 2.42. The molecule has 1 aliphatic carbocycles. The first-order chi connectivity index (χ1) is 9.63. The van der Waals surface area contributed by atoms with E-state index in [9.17, 15) is 0 Å². The summed E-state index contributed by atoms with van der Waals surface area (Å²) in [6.07, 6.45) is 5.23. The Kier molecular flexibility index (Phi) is 5.47. The lowest BCUT2D eigenvalue weighted by molar-refractivity contribution is 0.289. The van der Waals surface area contributed by atoms with Gasteiger partial charge in [0.05, 0.1) is 6.61 Å². The average Bonchev–Trinajstić information content (AvgIpc) is 3.21. The van der Waals surface area contributed by atoms with Crippen LogP contribution in [0.15, 0.2) is 24.3 Å². The second-order valence-corrected chi connectivity index (χ2v) is 6.63. The van der Waals surface area contributed by atoms with Crippen LogP contribution in [0.25, 0.3) is 0 Å². The molecule has 2 heteroatoms. The van der Waals surface area contributed by atoms with Gasteiger partial charge in [0, 0.05) is 13.1 Å². The van der Waals surface area contributed by atoms with Crippen molar-refractivity contribution in [3.05, 3.63) is 29.8 Å². The van der Waals surface area contributed by atoms with Crippen LogP contribution in [-0.2, 0) is 6.54 Å². The third-order valence-electron chi connectivity index (χ3n) is 4.42. The minimum Gasteiger partial charge on any atom is -0.494 e. The van der Waals surface area contributed by atoms with Gasteiger partial charge in [-0.1, -0.05) is 32.9 Å². The summed E-state index contributed by atoms with van der Waals surface area (Å²) in [7, 11) is 0. The summed E-state index contributed by atoms with van der Waals surface area (Å²) in [5.74, 6) is 1.69. The highest BCUT2D eigenvalue weighted by Gasteiger charge is 2.39. The largest absolute Gasteiger partial charge is 0.494 e. The van der Waals surface area contributed by atoms with Crippen LogP contribution in [0.5, 0.6) is 5.75 Å². The third kappa shape index (κ3) is 4.82. The van der Waals surface area contributed by atoms with Crippen molar-refractivity contribution in [2.24, 2.45) is 11.3 Å². The van der Waals surface area contributed by atoms with E-state index in [4.69, 9.17) is 4.74 Å². The lowest BCUT2D eigenvalue weighted by Crippen LogP contribution is -2.23. The lowest BCUT2D eigenvalue weighted by Gasteiger charge is -2.13. The van der Waals surface area contributed by atoms with E-state index in [0.717, 1.165) is 31.9 Å². The van der Waals surface area contributed by atoms with E-state index in [1.54, 1.807) is 0 Å². The van der Waals surface area contributed by atoms with Crippen molar-refractivity contribution in [2.45, 2.75) is 53.0 Å². The van der Waals surface area contributed by atoms with Crippen molar-refractivity contribution in [1.29, 1.82) is 0 Å². The minimum absolute atomic E-state index is 0.625. The molecule has 20 heavy (non-hydrogen) atoms. The summed E-state index contributed by atoms with van der Waals surface area (Å²) >= 11 is 0. The molecule has 0 atom stereocenters. The molecule has 112 valence electrons. The monoisotopic (exact) mass is 275 g/mol. The Balaban J connectivity index is 1.68. The van der Waals surface area contributed by atoms with E-state index in [2.05, 4.69) is 50.4 Å². The van der Waals surface area contributed by atoms with Gasteiger partial charge in [-0.05, 0) is 54.7 Å². The van der Waals surface area contributed by atoms with Crippen LogP contribution in [0.1, 0.15) is 52.0 Å². The molecule has 0 amide bonds. The normalized spacial score (nSPS) is 16.4. The highest BCUT2D eigenvalue weighted by Crippen LogP contribution is 2.47. The lowest BCUT2D eigenvalue weighted by atomic mass is 10.0. The number of nitrogens with one attached hydrogen (secondary N) is 1. The summed E-state index contributed by atoms with van der Waals surface area (Å²) in [4.78, 5) is 0. The Morgan fingerprint density at radius 3 is 2.45 bits per heavy atom. The molecule has 1 fully saturated rings. The first-order valence-corrected chi connectivity index (χ1v) is 8.06. The van der Waals surface area contributed by atoms with Crippen molar-refractivity contribution >= 4 is 0 Å². The quantitative estimate of drug-likeness (QED) is 0.721. The zero-order valence-corrected chi connectivity index (χ0v) is 13.2. The smallest absolute Gasteiger partial charge is 0.119 e. The van der Waals surface area contributed by atoms with Gasteiger partial charge in [-0.3, -0.25) is 0 Å². The summed E-state index contributed by atoms with van der Waals surface area (Å²) in [6, 6.07) is 8.51. The van der Waals surface area contributed by atoms with Crippen molar-refractivity contribution in [1.82, 2.24) is 5.32 Å². The van der Waals surface area contributed by atoms with Crippen molar-refractivity contribution in [3.63, 3.8) is 0 Å². The van der Waals surface area contributed by atoms with E-state index >= 15 is 0 Å². The molecule has 0 bridgehead atoms. The topological polar surface area (TPSA) is 21.3 Å². The Morgan fingerprint density at radius 2 is 1.90 bits per heavy atom. The van der Waals surface area contributed by atoms with Gasteiger partial charge >= 0.3 is 0 Å². The van der Waals surface area contributed by atoms with Crippen LogP contribution in [0.3, 0.4) is 0 Å². The Labute approximate surface area is 123 Å². The fraction of sp³-hybridized carbons (Fsp3) is 0.667. The molecule has 1 aromatic rings. The van der Waals surface area contributed by atoms with Gasteiger partial charge < -0.3 is 10.1 Å². The van der Waals surface area contributed by atoms with Crippen molar-refractivity contribution < 1.29 is 4.74 Å². The van der Waals surface area contributed by atoms with Crippen LogP contribution in [0, 0.1) is 11.3 Å². The van der Waals surface area contributed by atoms with Crippen LogP contribution in [-0.4, -0.2) is 13.2 Å². The molecule has 0 unspecified atom stereocenters. The summed E-state index contributed by atoms with van der Waals surface area (Å²) in [5.41, 5.74) is 1.97. The molecule has 2 rings (SSSR count). The summed E-state index contributed by atoms with van der Waals surface area (Å²) in [6.45, 7) is 9.69. The molecule has 2 nitrogen and oxygen atoms in total. The molecule has 0 heterocycles. The maximum atomic E-state index is 5.74. The second kappa shape index (κ2) is 7.12. The molecule has 1 aliphatic rings. The maximum Gasteiger partial charge on any atom is 0.119 e. The first kappa shape index (κ1) is 15.4. The zero-order valence-electron chi connectivity index (χ0n) is 13.2. The van der Waals surface area contributed by atoms with E-state index in [-0.39, 0.29) is 0 Å². The van der Waals surface area contributed by atoms with Gasteiger partial charge in [-0.25, -0.2) is 0 Å². The molecule has 1 saturated carbocycles. The predicted octanol–water partition coefficient (Wildman–Crippen LogP) is 4.39. The first-order valence-electron chi connectivity index (χ1n) is 8.06. The standard InChI is InChI=1S/C18H29NO/c1-4-18(10-11-18)14-19-13-16-5-7-17(8-6-16)20-12-9-15(2)3/h5-8,15,19H,4,9-14H2,1-3H3. The van der Waals surface area contributed by atoms with Crippen LogP contribution in [0.2, 0.25) is 0 Å². The van der Waals surface area contributed by atoms with Crippen LogP contribution in [0.4, 0.5) is 0 Å². The fourth-order valence-corrected chi connectivity index (χ4v) is 2.42. The molecule has 0 radical (unpaired) electrons. The highest BCUT2D eigenvalue weighted by molar-refractivity contribution is 5.27. The summed E-state index contributed by atoms with van der Waals surface area (Å²) in [5, 5.41) is 3.59.